The molecule has 0 aliphatic rings. The van der Waals surface area contributed by atoms with E-state index in [1.54, 1.807) is 6.92 Å². The summed E-state index contributed by atoms with van der Waals surface area (Å²) in [5.41, 5.74) is 1.86. The summed E-state index contributed by atoms with van der Waals surface area (Å²) in [4.78, 5) is 50.5. The van der Waals surface area contributed by atoms with Crippen LogP contribution >= 0.6 is 0 Å². The monoisotopic (exact) mass is 447 g/mol. The molecule has 12 heteroatoms. The average molecular weight is 447 g/mol. The summed E-state index contributed by atoms with van der Waals surface area (Å²) in [5.74, 6) is -0.267. The molecule has 0 fully saturated rings. The molecule has 2 rings (SSSR count). The Hall–Kier alpha value is -3.96. The molecule has 0 saturated heterocycles. The predicted molar refractivity (Wildman–Crippen MR) is 117 cm³/mol. The molecule has 0 spiro atoms. The van der Waals surface area contributed by atoms with Gasteiger partial charge >= 0.3 is 11.4 Å². The van der Waals surface area contributed by atoms with Crippen LogP contribution in [0.2, 0.25) is 0 Å². The molecule has 0 saturated carbocycles. The van der Waals surface area contributed by atoms with Gasteiger partial charge in [0.1, 0.15) is 0 Å². The minimum atomic E-state index is -0.614. The highest BCUT2D eigenvalue weighted by Gasteiger charge is 2.22. The maximum Gasteiger partial charge on any atom is 0.325 e. The van der Waals surface area contributed by atoms with Gasteiger partial charge in [-0.15, -0.1) is 0 Å². The number of hydrogen-bond acceptors (Lipinski definition) is 8. The number of unbranched alkanes of at least 4 members (excludes halogenated alkanes) is 1. The Bertz CT molecular complexity index is 1120. The number of amides is 1. The fourth-order valence-corrected chi connectivity index (χ4v) is 2.83. The molecule has 172 valence electrons. The van der Waals surface area contributed by atoms with Crippen molar-refractivity contribution < 1.29 is 19.2 Å². The van der Waals surface area contributed by atoms with Crippen molar-refractivity contribution in [3.63, 3.8) is 0 Å². The number of aromatic amines is 2. The van der Waals surface area contributed by atoms with Crippen LogP contribution < -0.4 is 26.1 Å². The number of aromatic nitrogens is 2. The van der Waals surface area contributed by atoms with Gasteiger partial charge in [-0.05, 0) is 25.8 Å². The number of nitrogens with zero attached hydrogens (tertiary/aromatic N) is 2. The smallest absolute Gasteiger partial charge is 0.325 e. The summed E-state index contributed by atoms with van der Waals surface area (Å²) < 4.78 is 10.7. The lowest BCUT2D eigenvalue weighted by Crippen LogP contribution is -2.28. The quantitative estimate of drug-likeness (QED) is 0.203. The number of ether oxygens (including phenoxy) is 2. The predicted octanol–water partition coefficient (Wildman–Crippen LogP) is 1.55. The highest BCUT2D eigenvalue weighted by atomic mass is 16.6. The fraction of sp³-hybridized carbons (Fsp3) is 0.400. The summed E-state index contributed by atoms with van der Waals surface area (Å²) in [7, 11) is 1.37. The molecule has 1 heterocycles. The molecule has 1 aromatic carbocycles. The molecule has 1 amide bonds. The number of carbonyl (C=O) groups excluding carboxylic acids is 1. The van der Waals surface area contributed by atoms with E-state index >= 15 is 0 Å². The highest BCUT2D eigenvalue weighted by Crippen LogP contribution is 2.38. The van der Waals surface area contributed by atoms with Gasteiger partial charge in [0.15, 0.2) is 5.75 Å². The zero-order valence-corrected chi connectivity index (χ0v) is 18.0. The lowest BCUT2D eigenvalue weighted by molar-refractivity contribution is -0.386. The number of nitrogens with one attached hydrogen (secondary N) is 3. The second kappa shape index (κ2) is 11.4. The molecule has 3 N–H and O–H groups in total. The van der Waals surface area contributed by atoms with Gasteiger partial charge in [0.05, 0.1) is 24.9 Å². The molecule has 32 heavy (non-hydrogen) atoms. The van der Waals surface area contributed by atoms with E-state index < -0.39 is 22.1 Å². The number of methoxy groups -OCH3 is 1. The maximum atomic E-state index is 12.0. The average Bonchev–Trinajstić information content (AvgIpc) is 2.73. The van der Waals surface area contributed by atoms with Gasteiger partial charge in [-0.2, -0.15) is 5.10 Å². The Balaban J connectivity index is 2.08. The van der Waals surface area contributed by atoms with Crippen LogP contribution in [0.25, 0.3) is 0 Å². The third-order valence-corrected chi connectivity index (χ3v) is 4.48. The van der Waals surface area contributed by atoms with Crippen LogP contribution in [0.3, 0.4) is 0 Å². The van der Waals surface area contributed by atoms with Gasteiger partial charge in [0.25, 0.3) is 5.56 Å². The number of benzene rings is 1. The molecule has 2 aromatic rings. The number of hydrazone groups is 1. The third kappa shape index (κ3) is 6.52. The van der Waals surface area contributed by atoms with Crippen molar-refractivity contribution in [2.24, 2.45) is 5.10 Å². The summed E-state index contributed by atoms with van der Waals surface area (Å²) in [6.07, 6.45) is 2.89. The van der Waals surface area contributed by atoms with Crippen molar-refractivity contribution in [3.8, 4) is 11.5 Å². The van der Waals surface area contributed by atoms with E-state index in [0.717, 1.165) is 12.8 Å². The van der Waals surface area contributed by atoms with Crippen LogP contribution in [0.4, 0.5) is 5.69 Å². The summed E-state index contributed by atoms with van der Waals surface area (Å²) in [5, 5.41) is 15.3. The van der Waals surface area contributed by atoms with Gasteiger partial charge in [-0.1, -0.05) is 13.3 Å². The first kappa shape index (κ1) is 24.3. The van der Waals surface area contributed by atoms with E-state index in [-0.39, 0.29) is 30.0 Å². The third-order valence-electron chi connectivity index (χ3n) is 4.48. The molecule has 0 atom stereocenters. The van der Waals surface area contributed by atoms with Gasteiger partial charge < -0.3 is 14.5 Å². The standard InChI is InChI=1S/C20H25N5O7/c1-4-5-8-32-18-15(25(29)30)9-13(10-16(18)31-3)11-21-24-17(26)7-6-14-12(2)22-20(28)23-19(14)27/h9-11H,4-8H2,1-3H3,(H,24,26)(H2,22,23,27,28)/b21-11+. The normalized spacial score (nSPS) is 10.8. The van der Waals surface area contributed by atoms with Gasteiger partial charge in [-0.3, -0.25) is 24.7 Å². The molecule has 0 bridgehead atoms. The zero-order valence-electron chi connectivity index (χ0n) is 18.0. The maximum absolute atomic E-state index is 12.0. The number of aryl methyl sites for hydroxylation is 1. The largest absolute Gasteiger partial charge is 0.493 e. The topological polar surface area (TPSA) is 169 Å². The van der Waals surface area contributed by atoms with Crippen LogP contribution in [0.15, 0.2) is 26.8 Å². The highest BCUT2D eigenvalue weighted by molar-refractivity contribution is 5.85. The number of nitro benzene ring substituents is 1. The van der Waals surface area contributed by atoms with E-state index in [1.165, 1.54) is 25.5 Å². The first-order valence-corrected chi connectivity index (χ1v) is 9.90. The first-order chi connectivity index (χ1) is 15.3. The summed E-state index contributed by atoms with van der Waals surface area (Å²) in [6, 6.07) is 2.77. The Morgan fingerprint density at radius 2 is 2.06 bits per heavy atom. The van der Waals surface area contributed by atoms with Crippen molar-refractivity contribution in [1.29, 1.82) is 0 Å². The van der Waals surface area contributed by atoms with Gasteiger partial charge in [0.2, 0.25) is 11.7 Å². The van der Waals surface area contributed by atoms with Gasteiger partial charge in [-0.25, -0.2) is 10.2 Å². The van der Waals surface area contributed by atoms with Crippen LogP contribution in [-0.2, 0) is 11.2 Å². The molecule has 0 radical (unpaired) electrons. The van der Waals surface area contributed by atoms with Crippen LogP contribution in [-0.4, -0.2) is 40.7 Å². The molecule has 0 aliphatic carbocycles. The lowest BCUT2D eigenvalue weighted by Gasteiger charge is -2.11. The number of nitro groups is 1. The second-order valence-electron chi connectivity index (χ2n) is 6.84. The molecule has 1 aromatic heterocycles. The summed E-state index contributed by atoms with van der Waals surface area (Å²) in [6.45, 7) is 3.86. The van der Waals surface area contributed by atoms with Crippen molar-refractivity contribution >= 4 is 17.8 Å². The Morgan fingerprint density at radius 1 is 1.31 bits per heavy atom. The van der Waals surface area contributed by atoms with E-state index in [1.807, 2.05) is 6.92 Å². The number of H-pyrrole nitrogens is 2. The second-order valence-corrected chi connectivity index (χ2v) is 6.84. The molecule has 12 nitrogen and oxygen atoms in total. The van der Waals surface area contributed by atoms with Crippen molar-refractivity contribution in [3.05, 3.63) is 59.9 Å². The number of carbonyl (C=O) groups is 1. The van der Waals surface area contributed by atoms with Gasteiger partial charge in [0, 0.05) is 29.3 Å². The lowest BCUT2D eigenvalue weighted by atomic mass is 10.1. The van der Waals surface area contributed by atoms with E-state index in [0.29, 0.717) is 23.4 Å². The number of hydrogen-bond donors (Lipinski definition) is 3. The van der Waals surface area contributed by atoms with Crippen molar-refractivity contribution in [1.82, 2.24) is 15.4 Å². The zero-order chi connectivity index (χ0) is 23.7. The Kier molecular flexibility index (Phi) is 8.69. The van der Waals surface area contributed by atoms with Crippen LogP contribution in [0, 0.1) is 17.0 Å². The van der Waals surface area contributed by atoms with Crippen LogP contribution in [0.1, 0.15) is 43.0 Å². The van der Waals surface area contributed by atoms with Crippen molar-refractivity contribution in [2.45, 2.75) is 39.5 Å². The van der Waals surface area contributed by atoms with Crippen LogP contribution in [0.5, 0.6) is 11.5 Å². The van der Waals surface area contributed by atoms with E-state index in [4.69, 9.17) is 9.47 Å². The SMILES string of the molecule is CCCCOc1c(OC)cc(/C=N/NC(=O)CCc2c(C)[nH]c(=O)[nH]c2=O)cc1[N+](=O)[O-]. The Morgan fingerprint density at radius 3 is 2.69 bits per heavy atom. The van der Waals surface area contributed by atoms with E-state index in [9.17, 15) is 24.5 Å². The van der Waals surface area contributed by atoms with Crippen molar-refractivity contribution in [2.75, 3.05) is 13.7 Å². The molecule has 0 unspecified atom stereocenters. The minimum absolute atomic E-state index is 0.0358. The van der Waals surface area contributed by atoms with E-state index in [2.05, 4.69) is 20.5 Å². The Labute approximate surface area is 182 Å². The molecular weight excluding hydrogens is 422 g/mol. The summed E-state index contributed by atoms with van der Waals surface area (Å²) >= 11 is 0. The fourth-order valence-electron chi connectivity index (χ4n) is 2.83. The molecule has 0 aliphatic heterocycles. The first-order valence-electron chi connectivity index (χ1n) is 9.90. The number of rotatable bonds is 11. The molecular formula is C20H25N5O7. The minimum Gasteiger partial charge on any atom is -0.493 e.